The molecular formula is C14H9ClN2O3. The molecule has 2 rings (SSSR count). The van der Waals surface area contributed by atoms with Crippen LogP contribution in [0.2, 0.25) is 5.02 Å². The van der Waals surface area contributed by atoms with Crippen molar-refractivity contribution in [2.24, 2.45) is 0 Å². The van der Waals surface area contributed by atoms with Gasteiger partial charge in [-0.05, 0) is 24.3 Å². The lowest BCUT2D eigenvalue weighted by Crippen LogP contribution is -2.05. The Labute approximate surface area is 120 Å². The number of carboxylic acids is 1. The van der Waals surface area contributed by atoms with Crippen LogP contribution in [0, 0.1) is 11.3 Å². The Morgan fingerprint density at radius 1 is 1.45 bits per heavy atom. The van der Waals surface area contributed by atoms with Gasteiger partial charge in [0.15, 0.2) is 0 Å². The molecular weight excluding hydrogens is 280 g/mol. The van der Waals surface area contributed by atoms with Crippen molar-refractivity contribution < 1.29 is 14.6 Å². The Morgan fingerprint density at radius 2 is 2.25 bits per heavy atom. The molecule has 0 aliphatic carbocycles. The third-order valence-corrected chi connectivity index (χ3v) is 2.79. The van der Waals surface area contributed by atoms with Crippen LogP contribution in [0.5, 0.6) is 5.75 Å². The third kappa shape index (κ3) is 3.05. The molecule has 0 saturated heterocycles. The van der Waals surface area contributed by atoms with E-state index in [1.807, 2.05) is 6.07 Å². The molecule has 1 aromatic heterocycles. The molecule has 0 unspecified atom stereocenters. The van der Waals surface area contributed by atoms with E-state index in [9.17, 15) is 4.79 Å². The topological polar surface area (TPSA) is 83.2 Å². The summed E-state index contributed by atoms with van der Waals surface area (Å²) in [5.41, 5.74) is 0.805. The number of halogens is 1. The number of hydrogen-bond acceptors (Lipinski definition) is 4. The van der Waals surface area contributed by atoms with E-state index < -0.39 is 5.97 Å². The maximum atomic E-state index is 11.1. The zero-order valence-electron chi connectivity index (χ0n) is 10.2. The molecule has 0 fully saturated rings. The maximum Gasteiger partial charge on any atom is 0.339 e. The lowest BCUT2D eigenvalue weighted by Gasteiger charge is -2.10. The Balaban J connectivity index is 2.24. The van der Waals surface area contributed by atoms with Crippen LogP contribution in [0.4, 0.5) is 0 Å². The van der Waals surface area contributed by atoms with Crippen molar-refractivity contribution in [2.75, 3.05) is 0 Å². The summed E-state index contributed by atoms with van der Waals surface area (Å²) in [7, 11) is 0. The molecule has 0 aliphatic rings. The first-order valence-corrected chi connectivity index (χ1v) is 5.99. The Kier molecular flexibility index (Phi) is 4.18. The molecule has 0 spiro atoms. The van der Waals surface area contributed by atoms with Crippen LogP contribution < -0.4 is 4.74 Å². The lowest BCUT2D eigenvalue weighted by molar-refractivity contribution is 0.0691. The minimum atomic E-state index is -1.13. The van der Waals surface area contributed by atoms with Crippen LogP contribution in [0.25, 0.3) is 0 Å². The first-order valence-electron chi connectivity index (χ1n) is 5.61. The van der Waals surface area contributed by atoms with Crippen LogP contribution in [0.15, 0.2) is 36.5 Å². The van der Waals surface area contributed by atoms with Crippen molar-refractivity contribution in [1.29, 1.82) is 5.26 Å². The highest BCUT2D eigenvalue weighted by molar-refractivity contribution is 6.31. The number of pyridine rings is 1. The number of benzene rings is 1. The summed E-state index contributed by atoms with van der Waals surface area (Å²) in [6.45, 7) is 0.0542. The van der Waals surface area contributed by atoms with Crippen LogP contribution in [-0.4, -0.2) is 16.1 Å². The first-order chi connectivity index (χ1) is 9.61. The van der Waals surface area contributed by atoms with Gasteiger partial charge in [0, 0.05) is 16.8 Å². The smallest absolute Gasteiger partial charge is 0.339 e. The van der Waals surface area contributed by atoms with E-state index in [0.29, 0.717) is 10.6 Å². The van der Waals surface area contributed by atoms with Crippen molar-refractivity contribution in [1.82, 2.24) is 4.98 Å². The fourth-order valence-electron chi connectivity index (χ4n) is 1.61. The molecule has 0 amide bonds. The molecule has 100 valence electrons. The molecule has 20 heavy (non-hydrogen) atoms. The van der Waals surface area contributed by atoms with Gasteiger partial charge in [0.2, 0.25) is 0 Å². The molecule has 0 radical (unpaired) electrons. The van der Waals surface area contributed by atoms with Crippen molar-refractivity contribution in [3.8, 4) is 11.8 Å². The number of aromatic nitrogens is 1. The molecule has 1 N–H and O–H groups in total. The standard InChI is InChI=1S/C14H9ClN2O3/c15-10-3-4-13(11(6-10)14(18)19)20-8-9-2-1-5-17-12(9)7-16/h1-6H,8H2,(H,18,19). The number of carbonyl (C=O) groups is 1. The number of carboxylic acid groups (broad SMARTS) is 1. The highest BCUT2D eigenvalue weighted by Gasteiger charge is 2.13. The molecule has 0 saturated carbocycles. The van der Waals surface area contributed by atoms with Crippen LogP contribution in [0.1, 0.15) is 21.6 Å². The Bertz CT molecular complexity index is 695. The number of rotatable bonds is 4. The summed E-state index contributed by atoms with van der Waals surface area (Å²) in [5, 5.41) is 18.3. The summed E-state index contributed by atoms with van der Waals surface area (Å²) in [6, 6.07) is 9.66. The number of hydrogen-bond donors (Lipinski definition) is 1. The summed E-state index contributed by atoms with van der Waals surface area (Å²) in [5.74, 6) is -0.941. The molecule has 0 bridgehead atoms. The molecule has 1 aromatic carbocycles. The van der Waals surface area contributed by atoms with Gasteiger partial charge in [-0.2, -0.15) is 5.26 Å². The largest absolute Gasteiger partial charge is 0.488 e. The van der Waals surface area contributed by atoms with Gasteiger partial charge in [-0.25, -0.2) is 9.78 Å². The zero-order valence-corrected chi connectivity index (χ0v) is 11.0. The second kappa shape index (κ2) is 6.04. The fraction of sp³-hybridized carbons (Fsp3) is 0.0714. The van der Waals surface area contributed by atoms with Crippen LogP contribution in [-0.2, 0) is 6.61 Å². The van der Waals surface area contributed by atoms with Crippen molar-refractivity contribution in [2.45, 2.75) is 6.61 Å². The van der Waals surface area contributed by atoms with Crippen LogP contribution >= 0.6 is 11.6 Å². The average Bonchev–Trinajstić information content (AvgIpc) is 2.46. The second-order valence-corrected chi connectivity index (χ2v) is 4.29. The molecule has 6 heteroatoms. The van der Waals surface area contributed by atoms with Gasteiger partial charge in [0.25, 0.3) is 0 Å². The highest BCUT2D eigenvalue weighted by Crippen LogP contribution is 2.24. The quantitative estimate of drug-likeness (QED) is 0.935. The minimum absolute atomic E-state index is 0.0279. The number of aromatic carboxylic acids is 1. The summed E-state index contributed by atoms with van der Waals surface area (Å²) < 4.78 is 5.45. The van der Waals surface area contributed by atoms with Crippen molar-refractivity contribution in [3.05, 3.63) is 58.4 Å². The van der Waals surface area contributed by atoms with E-state index in [2.05, 4.69) is 4.98 Å². The number of nitrogens with zero attached hydrogens (tertiary/aromatic N) is 2. The first kappa shape index (κ1) is 13.8. The Morgan fingerprint density at radius 3 is 2.95 bits per heavy atom. The van der Waals surface area contributed by atoms with Crippen LogP contribution in [0.3, 0.4) is 0 Å². The van der Waals surface area contributed by atoms with Gasteiger partial charge in [-0.1, -0.05) is 17.7 Å². The van der Waals surface area contributed by atoms with Gasteiger partial charge in [-0.3, -0.25) is 0 Å². The molecule has 2 aromatic rings. The van der Waals surface area contributed by atoms with Gasteiger partial charge in [0.05, 0.1) is 0 Å². The van der Waals surface area contributed by atoms with Gasteiger partial charge in [0.1, 0.15) is 29.7 Å². The van der Waals surface area contributed by atoms with E-state index in [1.54, 1.807) is 12.1 Å². The molecule has 1 heterocycles. The van der Waals surface area contributed by atoms with Gasteiger partial charge < -0.3 is 9.84 Å². The summed E-state index contributed by atoms with van der Waals surface area (Å²) in [4.78, 5) is 15.0. The van der Waals surface area contributed by atoms with E-state index in [1.165, 1.54) is 24.4 Å². The third-order valence-electron chi connectivity index (χ3n) is 2.55. The molecule has 0 atom stereocenters. The molecule has 5 nitrogen and oxygen atoms in total. The van der Waals surface area contributed by atoms with Gasteiger partial charge in [-0.15, -0.1) is 0 Å². The van der Waals surface area contributed by atoms with Gasteiger partial charge >= 0.3 is 5.97 Å². The summed E-state index contributed by atoms with van der Waals surface area (Å²) in [6.07, 6.45) is 1.51. The number of nitriles is 1. The fourth-order valence-corrected chi connectivity index (χ4v) is 1.78. The number of ether oxygens (including phenoxy) is 1. The monoisotopic (exact) mass is 288 g/mol. The second-order valence-electron chi connectivity index (χ2n) is 3.86. The maximum absolute atomic E-state index is 11.1. The average molecular weight is 289 g/mol. The van der Waals surface area contributed by atoms with E-state index in [0.717, 1.165) is 0 Å². The van der Waals surface area contributed by atoms with E-state index in [4.69, 9.17) is 26.7 Å². The minimum Gasteiger partial charge on any atom is -0.488 e. The predicted molar refractivity (Wildman–Crippen MR) is 71.7 cm³/mol. The van der Waals surface area contributed by atoms with E-state index >= 15 is 0 Å². The SMILES string of the molecule is N#Cc1ncccc1COc1ccc(Cl)cc1C(=O)O. The zero-order chi connectivity index (χ0) is 14.5. The molecule has 0 aliphatic heterocycles. The van der Waals surface area contributed by atoms with Crippen molar-refractivity contribution >= 4 is 17.6 Å². The summed E-state index contributed by atoms with van der Waals surface area (Å²) >= 11 is 5.75. The highest BCUT2D eigenvalue weighted by atomic mass is 35.5. The Hall–Kier alpha value is -2.58. The van der Waals surface area contributed by atoms with E-state index in [-0.39, 0.29) is 23.6 Å². The predicted octanol–water partition coefficient (Wildman–Crippen LogP) is 2.88. The van der Waals surface area contributed by atoms with Crippen molar-refractivity contribution in [3.63, 3.8) is 0 Å². The lowest BCUT2D eigenvalue weighted by atomic mass is 10.2. The normalized spacial score (nSPS) is 9.80.